The van der Waals surface area contributed by atoms with Crippen molar-refractivity contribution < 1.29 is 23.1 Å². The maximum absolute atomic E-state index is 12.0. The zero-order valence-electron chi connectivity index (χ0n) is 9.69. The fourth-order valence-corrected chi connectivity index (χ4v) is 2.95. The van der Waals surface area contributed by atoms with Gasteiger partial charge in [-0.25, -0.2) is 0 Å². The standard InChI is InChI=1S/C9H19O5P/c1-5-12-15(11,13-6-2)7-8(3)14-9(4)10/h8H,5-7H2,1-4H3/t8-/m1/s1. The summed E-state index contributed by atoms with van der Waals surface area (Å²) < 4.78 is 27.0. The van der Waals surface area contributed by atoms with E-state index < -0.39 is 19.7 Å². The van der Waals surface area contributed by atoms with E-state index in [9.17, 15) is 9.36 Å². The van der Waals surface area contributed by atoms with E-state index in [0.717, 1.165) is 0 Å². The average molecular weight is 238 g/mol. The molecule has 0 unspecified atom stereocenters. The Labute approximate surface area is 90.6 Å². The van der Waals surface area contributed by atoms with Crippen molar-refractivity contribution in [1.29, 1.82) is 0 Å². The van der Waals surface area contributed by atoms with Gasteiger partial charge in [-0.15, -0.1) is 0 Å². The van der Waals surface area contributed by atoms with E-state index in [1.165, 1.54) is 6.92 Å². The zero-order valence-corrected chi connectivity index (χ0v) is 10.6. The number of carbonyl (C=O) groups excluding carboxylic acids is 1. The molecule has 0 aliphatic rings. The Morgan fingerprint density at radius 1 is 1.27 bits per heavy atom. The Balaban J connectivity index is 4.27. The first-order valence-electron chi connectivity index (χ1n) is 4.99. The smallest absolute Gasteiger partial charge is 0.334 e. The minimum atomic E-state index is -3.11. The van der Waals surface area contributed by atoms with Crippen LogP contribution in [0.15, 0.2) is 0 Å². The van der Waals surface area contributed by atoms with Gasteiger partial charge in [-0.1, -0.05) is 0 Å². The third kappa shape index (κ3) is 6.66. The molecule has 1 atom stereocenters. The Bertz CT molecular complexity index is 231. The molecule has 90 valence electrons. The molecule has 0 rings (SSSR count). The van der Waals surface area contributed by atoms with Crippen LogP contribution in [-0.4, -0.2) is 31.4 Å². The van der Waals surface area contributed by atoms with Gasteiger partial charge in [0.25, 0.3) is 0 Å². The summed E-state index contributed by atoms with van der Waals surface area (Å²) in [6.07, 6.45) is -0.375. The molecule has 0 radical (unpaired) electrons. The maximum atomic E-state index is 12.0. The summed E-state index contributed by atoms with van der Waals surface area (Å²) in [5.41, 5.74) is 0. The molecule has 0 heterocycles. The highest BCUT2D eigenvalue weighted by Gasteiger charge is 2.27. The molecule has 0 aliphatic carbocycles. The number of ether oxygens (including phenoxy) is 1. The first-order valence-corrected chi connectivity index (χ1v) is 6.71. The highest BCUT2D eigenvalue weighted by atomic mass is 31.2. The van der Waals surface area contributed by atoms with Crippen molar-refractivity contribution in [3.05, 3.63) is 0 Å². The van der Waals surface area contributed by atoms with E-state index in [2.05, 4.69) is 0 Å². The molecule has 0 N–H and O–H groups in total. The van der Waals surface area contributed by atoms with Gasteiger partial charge in [-0.3, -0.25) is 9.36 Å². The van der Waals surface area contributed by atoms with Crippen LogP contribution >= 0.6 is 7.60 Å². The number of rotatable bonds is 7. The second kappa shape index (κ2) is 6.99. The Morgan fingerprint density at radius 3 is 2.07 bits per heavy atom. The van der Waals surface area contributed by atoms with Gasteiger partial charge in [-0.05, 0) is 20.8 Å². The number of hydrogen-bond donors (Lipinski definition) is 0. The van der Waals surface area contributed by atoms with E-state index in [1.807, 2.05) is 0 Å². The van der Waals surface area contributed by atoms with Crippen molar-refractivity contribution in [2.75, 3.05) is 19.4 Å². The molecule has 6 heteroatoms. The fourth-order valence-electron chi connectivity index (χ4n) is 1.17. The van der Waals surface area contributed by atoms with Crippen LogP contribution in [0.5, 0.6) is 0 Å². The van der Waals surface area contributed by atoms with Gasteiger partial charge < -0.3 is 13.8 Å². The highest BCUT2D eigenvalue weighted by molar-refractivity contribution is 7.53. The molecule has 15 heavy (non-hydrogen) atoms. The van der Waals surface area contributed by atoms with Gasteiger partial charge in [0.15, 0.2) is 0 Å². The summed E-state index contributed by atoms with van der Waals surface area (Å²) in [7, 11) is -3.11. The molecule has 0 aliphatic heterocycles. The number of carbonyl (C=O) groups is 1. The fraction of sp³-hybridized carbons (Fsp3) is 0.889. The Hall–Kier alpha value is -0.380. The molecule has 0 aromatic rings. The largest absolute Gasteiger partial charge is 0.462 e. The summed E-state index contributed by atoms with van der Waals surface area (Å²) in [4.78, 5) is 10.7. The minimum absolute atomic E-state index is 0.0915. The minimum Gasteiger partial charge on any atom is -0.462 e. The van der Waals surface area contributed by atoms with E-state index in [1.54, 1.807) is 20.8 Å². The predicted molar refractivity (Wildman–Crippen MR) is 57.0 cm³/mol. The molecule has 5 nitrogen and oxygen atoms in total. The molecule has 0 saturated heterocycles. The normalized spacial score (nSPS) is 13.6. The van der Waals surface area contributed by atoms with Crippen LogP contribution < -0.4 is 0 Å². The Kier molecular flexibility index (Phi) is 6.81. The van der Waals surface area contributed by atoms with E-state index >= 15 is 0 Å². The predicted octanol–water partition coefficient (Wildman–Crippen LogP) is 2.20. The molecular formula is C9H19O5P. The summed E-state index contributed by atoms with van der Waals surface area (Å²) >= 11 is 0. The third-order valence-electron chi connectivity index (χ3n) is 1.50. The molecule has 0 aromatic carbocycles. The number of hydrogen-bond acceptors (Lipinski definition) is 5. The lowest BCUT2D eigenvalue weighted by molar-refractivity contribution is -0.144. The van der Waals surface area contributed by atoms with Gasteiger partial charge in [0.05, 0.1) is 19.4 Å². The zero-order chi connectivity index (χ0) is 11.9. The highest BCUT2D eigenvalue weighted by Crippen LogP contribution is 2.48. The topological polar surface area (TPSA) is 61.8 Å². The molecule has 0 aromatic heterocycles. The lowest BCUT2D eigenvalue weighted by Gasteiger charge is -2.20. The van der Waals surface area contributed by atoms with Gasteiger partial charge >= 0.3 is 13.6 Å². The second-order valence-corrected chi connectivity index (χ2v) is 5.15. The molecule has 0 saturated carbocycles. The molecule has 0 spiro atoms. The van der Waals surface area contributed by atoms with Crippen molar-refractivity contribution in [1.82, 2.24) is 0 Å². The van der Waals surface area contributed by atoms with Crippen molar-refractivity contribution in [2.45, 2.75) is 33.8 Å². The molecule has 0 fully saturated rings. The SMILES string of the molecule is CCOP(=O)(C[C@@H](C)OC(C)=O)OCC. The Morgan fingerprint density at radius 2 is 1.73 bits per heavy atom. The van der Waals surface area contributed by atoms with Gasteiger partial charge in [-0.2, -0.15) is 0 Å². The number of esters is 1. The van der Waals surface area contributed by atoms with Crippen LogP contribution in [0.3, 0.4) is 0 Å². The third-order valence-corrected chi connectivity index (χ3v) is 3.76. The lowest BCUT2D eigenvalue weighted by Crippen LogP contribution is -2.18. The second-order valence-electron chi connectivity index (χ2n) is 3.05. The summed E-state index contributed by atoms with van der Waals surface area (Å²) in [5.74, 6) is -0.401. The van der Waals surface area contributed by atoms with Crippen molar-refractivity contribution >= 4 is 13.6 Å². The van der Waals surface area contributed by atoms with Crippen molar-refractivity contribution in [2.24, 2.45) is 0 Å². The average Bonchev–Trinajstić information content (AvgIpc) is 2.01. The first-order chi connectivity index (χ1) is 6.93. The summed E-state index contributed by atoms with van der Waals surface area (Å²) in [6.45, 7) is 7.06. The van der Waals surface area contributed by atoms with Crippen molar-refractivity contribution in [3.8, 4) is 0 Å². The van der Waals surface area contributed by atoms with Gasteiger partial charge in [0, 0.05) is 6.92 Å². The van der Waals surface area contributed by atoms with Crippen LogP contribution in [0, 0.1) is 0 Å². The monoisotopic (exact) mass is 238 g/mol. The van der Waals surface area contributed by atoms with Crippen LogP contribution in [0.4, 0.5) is 0 Å². The molecular weight excluding hydrogens is 219 g/mol. The molecule has 0 bridgehead atoms. The van der Waals surface area contributed by atoms with Gasteiger partial charge in [0.2, 0.25) is 0 Å². The van der Waals surface area contributed by atoms with Crippen LogP contribution in [0.25, 0.3) is 0 Å². The summed E-state index contributed by atoms with van der Waals surface area (Å²) in [5, 5.41) is 0. The van der Waals surface area contributed by atoms with Crippen LogP contribution in [0.2, 0.25) is 0 Å². The first kappa shape index (κ1) is 14.6. The lowest BCUT2D eigenvalue weighted by atomic mass is 10.5. The van der Waals surface area contributed by atoms with E-state index in [-0.39, 0.29) is 6.16 Å². The van der Waals surface area contributed by atoms with Crippen LogP contribution in [-0.2, 0) is 23.1 Å². The quantitative estimate of drug-likeness (QED) is 0.502. The maximum Gasteiger partial charge on any atom is 0.334 e. The van der Waals surface area contributed by atoms with Crippen LogP contribution in [0.1, 0.15) is 27.7 Å². The van der Waals surface area contributed by atoms with E-state index in [4.69, 9.17) is 13.8 Å². The van der Waals surface area contributed by atoms with Crippen molar-refractivity contribution in [3.63, 3.8) is 0 Å². The van der Waals surface area contributed by atoms with E-state index in [0.29, 0.717) is 13.2 Å². The summed E-state index contributed by atoms with van der Waals surface area (Å²) in [6, 6.07) is 0. The van der Waals surface area contributed by atoms with Gasteiger partial charge in [0.1, 0.15) is 6.10 Å². The molecule has 0 amide bonds.